The largest absolute Gasteiger partial charge is 0.384 e. The quantitative estimate of drug-likeness (QED) is 0.644. The molecular formula is C26H37N3O4. The lowest BCUT2D eigenvalue weighted by atomic mass is 9.61. The first-order valence-corrected chi connectivity index (χ1v) is 12.4. The van der Waals surface area contributed by atoms with E-state index in [1.54, 1.807) is 4.90 Å². The summed E-state index contributed by atoms with van der Waals surface area (Å²) in [7, 11) is 0. The highest BCUT2D eigenvalue weighted by Crippen LogP contribution is 2.51. The van der Waals surface area contributed by atoms with Crippen LogP contribution in [0.15, 0.2) is 18.2 Å². The summed E-state index contributed by atoms with van der Waals surface area (Å²) < 4.78 is 0. The van der Waals surface area contributed by atoms with Crippen molar-refractivity contribution in [1.82, 2.24) is 15.1 Å². The van der Waals surface area contributed by atoms with E-state index in [1.165, 1.54) is 0 Å². The first-order chi connectivity index (χ1) is 15.6. The van der Waals surface area contributed by atoms with Gasteiger partial charge in [0, 0.05) is 43.6 Å². The minimum atomic E-state index is -0.968. The maximum absolute atomic E-state index is 13.1. The molecule has 0 aliphatic carbocycles. The predicted molar refractivity (Wildman–Crippen MR) is 125 cm³/mol. The summed E-state index contributed by atoms with van der Waals surface area (Å²) in [5.74, 6) is -0.294. The van der Waals surface area contributed by atoms with E-state index in [0.29, 0.717) is 30.9 Å². The number of carbonyl (C=O) groups is 3. The number of piperidine rings is 2. The van der Waals surface area contributed by atoms with E-state index in [2.05, 4.69) is 37.9 Å². The van der Waals surface area contributed by atoms with Gasteiger partial charge in [-0.25, -0.2) is 0 Å². The number of nitrogens with one attached hydrogen (secondary N) is 1. The molecular weight excluding hydrogens is 418 g/mol. The van der Waals surface area contributed by atoms with Gasteiger partial charge in [-0.1, -0.05) is 39.8 Å². The van der Waals surface area contributed by atoms with Crippen LogP contribution in [0, 0.1) is 11.3 Å². The van der Waals surface area contributed by atoms with Gasteiger partial charge in [0.1, 0.15) is 6.04 Å². The van der Waals surface area contributed by atoms with Gasteiger partial charge < -0.3 is 14.9 Å². The lowest BCUT2D eigenvalue weighted by Crippen LogP contribution is -2.58. The summed E-state index contributed by atoms with van der Waals surface area (Å²) in [5.41, 5.74) is 1.07. The molecule has 3 aliphatic rings. The highest BCUT2D eigenvalue weighted by molar-refractivity contribution is 6.05. The SMILES string of the molecule is CCC1(CC)CN(CC(C)C)CCC1(O)c1ccc2c(c1)CN(C1CCC(=O)NC1=O)C2=O. The molecule has 180 valence electrons. The molecule has 0 aromatic heterocycles. The smallest absolute Gasteiger partial charge is 0.255 e. The topological polar surface area (TPSA) is 89.9 Å². The van der Waals surface area contributed by atoms with Crippen LogP contribution in [0.1, 0.15) is 81.3 Å². The van der Waals surface area contributed by atoms with Gasteiger partial charge in [-0.05, 0) is 48.8 Å². The van der Waals surface area contributed by atoms with Crippen LogP contribution in [0.25, 0.3) is 0 Å². The Balaban J connectivity index is 1.62. The van der Waals surface area contributed by atoms with Crippen molar-refractivity contribution in [3.05, 3.63) is 34.9 Å². The van der Waals surface area contributed by atoms with E-state index < -0.39 is 17.6 Å². The minimum Gasteiger partial charge on any atom is -0.384 e. The van der Waals surface area contributed by atoms with E-state index in [4.69, 9.17) is 0 Å². The van der Waals surface area contributed by atoms with Gasteiger partial charge in [0.05, 0.1) is 5.60 Å². The summed E-state index contributed by atoms with van der Waals surface area (Å²) in [4.78, 5) is 41.0. The Bertz CT molecular complexity index is 955. The summed E-state index contributed by atoms with van der Waals surface area (Å²) in [6.45, 7) is 11.8. The van der Waals surface area contributed by atoms with Crippen molar-refractivity contribution in [2.75, 3.05) is 19.6 Å². The van der Waals surface area contributed by atoms with Crippen molar-refractivity contribution in [1.29, 1.82) is 0 Å². The molecule has 0 radical (unpaired) electrons. The van der Waals surface area contributed by atoms with Crippen molar-refractivity contribution in [3.8, 4) is 0 Å². The van der Waals surface area contributed by atoms with Crippen LogP contribution in [-0.2, 0) is 21.7 Å². The van der Waals surface area contributed by atoms with Gasteiger partial charge in [-0.3, -0.25) is 19.7 Å². The van der Waals surface area contributed by atoms with Gasteiger partial charge in [0.2, 0.25) is 11.8 Å². The molecule has 3 aliphatic heterocycles. The Labute approximate surface area is 196 Å². The maximum atomic E-state index is 13.1. The number of amides is 3. The molecule has 2 saturated heterocycles. The molecule has 3 heterocycles. The van der Waals surface area contributed by atoms with Crippen LogP contribution in [0.4, 0.5) is 0 Å². The van der Waals surface area contributed by atoms with Crippen molar-refractivity contribution >= 4 is 17.7 Å². The lowest BCUT2D eigenvalue weighted by Gasteiger charge is -2.54. The first kappa shape index (κ1) is 23.9. The van der Waals surface area contributed by atoms with Crippen LogP contribution in [0.3, 0.4) is 0 Å². The summed E-state index contributed by atoms with van der Waals surface area (Å²) >= 11 is 0. The van der Waals surface area contributed by atoms with Crippen LogP contribution in [0.2, 0.25) is 0 Å². The van der Waals surface area contributed by atoms with E-state index in [1.807, 2.05) is 18.2 Å². The number of benzene rings is 1. The third-order valence-corrected chi connectivity index (χ3v) is 8.17. The van der Waals surface area contributed by atoms with Gasteiger partial charge >= 0.3 is 0 Å². The molecule has 2 N–H and O–H groups in total. The molecule has 2 fully saturated rings. The van der Waals surface area contributed by atoms with Gasteiger partial charge in [0.15, 0.2) is 0 Å². The molecule has 2 unspecified atom stereocenters. The Morgan fingerprint density at radius 3 is 2.55 bits per heavy atom. The number of hydrogen-bond acceptors (Lipinski definition) is 5. The molecule has 33 heavy (non-hydrogen) atoms. The fraction of sp³-hybridized carbons (Fsp3) is 0.654. The first-order valence-electron chi connectivity index (χ1n) is 12.4. The van der Waals surface area contributed by atoms with Gasteiger partial charge in [-0.15, -0.1) is 0 Å². The second-order valence-corrected chi connectivity index (χ2v) is 10.5. The molecule has 7 heteroatoms. The van der Waals surface area contributed by atoms with Crippen molar-refractivity contribution < 1.29 is 19.5 Å². The fourth-order valence-corrected chi connectivity index (χ4v) is 6.24. The number of nitrogens with zero attached hydrogens (tertiary/aromatic N) is 2. The molecule has 7 nitrogen and oxygen atoms in total. The highest BCUT2D eigenvalue weighted by atomic mass is 16.3. The van der Waals surface area contributed by atoms with Crippen LogP contribution < -0.4 is 5.32 Å². The monoisotopic (exact) mass is 455 g/mol. The lowest BCUT2D eigenvalue weighted by molar-refractivity contribution is -0.148. The molecule has 1 aromatic carbocycles. The zero-order valence-electron chi connectivity index (χ0n) is 20.3. The standard InChI is InChI=1S/C26H37N3O4/c1-5-25(6-2)16-28(14-17(3)4)12-11-26(25,33)19-7-8-20-18(13-19)15-29(24(20)32)21-9-10-22(30)27-23(21)31/h7-8,13,17,21,33H,5-6,9-12,14-16H2,1-4H3,(H,27,30,31). The average molecular weight is 456 g/mol. The van der Waals surface area contributed by atoms with Crippen molar-refractivity contribution in [3.63, 3.8) is 0 Å². The fourth-order valence-electron chi connectivity index (χ4n) is 6.24. The summed E-state index contributed by atoms with van der Waals surface area (Å²) in [6, 6.07) is 5.08. The maximum Gasteiger partial charge on any atom is 0.255 e. The second kappa shape index (κ2) is 8.84. The Morgan fingerprint density at radius 2 is 1.91 bits per heavy atom. The third-order valence-electron chi connectivity index (χ3n) is 8.17. The molecule has 0 spiro atoms. The number of imide groups is 1. The van der Waals surface area contributed by atoms with E-state index in [9.17, 15) is 19.5 Å². The molecule has 3 amide bonds. The van der Waals surface area contributed by atoms with Gasteiger partial charge in [0.25, 0.3) is 5.91 Å². The van der Waals surface area contributed by atoms with E-state index in [-0.39, 0.29) is 23.7 Å². The third kappa shape index (κ3) is 3.99. The van der Waals surface area contributed by atoms with E-state index in [0.717, 1.165) is 43.6 Å². The zero-order chi connectivity index (χ0) is 24.0. The summed E-state index contributed by atoms with van der Waals surface area (Å²) in [6.07, 6.45) is 2.98. The van der Waals surface area contributed by atoms with Crippen LogP contribution >= 0.6 is 0 Å². The Hall–Kier alpha value is -2.25. The number of aliphatic hydroxyl groups is 1. The molecule has 1 aromatic rings. The number of rotatable bonds is 6. The Kier molecular flexibility index (Phi) is 6.40. The average Bonchev–Trinajstić information content (AvgIpc) is 3.10. The van der Waals surface area contributed by atoms with Gasteiger partial charge in [-0.2, -0.15) is 0 Å². The molecule has 0 saturated carbocycles. The number of hydrogen-bond donors (Lipinski definition) is 2. The van der Waals surface area contributed by atoms with Crippen molar-refractivity contribution in [2.45, 2.75) is 78.0 Å². The van der Waals surface area contributed by atoms with Crippen molar-refractivity contribution in [2.24, 2.45) is 11.3 Å². The number of fused-ring (bicyclic) bond motifs is 1. The normalized spacial score (nSPS) is 27.8. The second-order valence-electron chi connectivity index (χ2n) is 10.5. The number of carbonyl (C=O) groups excluding carboxylic acids is 3. The molecule has 4 rings (SSSR count). The predicted octanol–water partition coefficient (Wildman–Crippen LogP) is 2.80. The molecule has 2 atom stereocenters. The zero-order valence-corrected chi connectivity index (χ0v) is 20.3. The van der Waals surface area contributed by atoms with E-state index >= 15 is 0 Å². The highest BCUT2D eigenvalue weighted by Gasteiger charge is 2.53. The summed E-state index contributed by atoms with van der Waals surface area (Å²) in [5, 5.41) is 14.5. The number of likely N-dealkylation sites (tertiary alicyclic amines) is 1. The molecule has 0 bridgehead atoms. The Morgan fingerprint density at radius 1 is 1.18 bits per heavy atom. The minimum absolute atomic E-state index is 0.179. The van der Waals surface area contributed by atoms with Crippen LogP contribution in [-0.4, -0.2) is 58.3 Å². The van der Waals surface area contributed by atoms with Crippen LogP contribution in [0.5, 0.6) is 0 Å².